The molecule has 0 fully saturated rings. The van der Waals surface area contributed by atoms with E-state index in [1.165, 1.54) is 11.1 Å². The van der Waals surface area contributed by atoms with E-state index in [1.54, 1.807) is 0 Å². The molecule has 114 valence electrons. The van der Waals surface area contributed by atoms with Gasteiger partial charge in [-0.05, 0) is 32.8 Å². The number of hydrogen-bond donors (Lipinski definition) is 1. The lowest BCUT2D eigenvalue weighted by Crippen LogP contribution is -2.28. The number of rotatable bonds is 7. The molecule has 0 aliphatic rings. The fourth-order valence-corrected chi connectivity index (χ4v) is 2.34. The van der Waals surface area contributed by atoms with Gasteiger partial charge in [-0.1, -0.05) is 25.1 Å². The zero-order chi connectivity index (χ0) is 15.2. The molecule has 4 nitrogen and oxygen atoms in total. The van der Waals surface area contributed by atoms with Crippen LogP contribution in [0.4, 0.5) is 5.69 Å². The summed E-state index contributed by atoms with van der Waals surface area (Å²) in [4.78, 5) is 9.28. The van der Waals surface area contributed by atoms with E-state index in [9.17, 15) is 0 Å². The van der Waals surface area contributed by atoms with Crippen molar-refractivity contribution >= 4 is 16.6 Å². The van der Waals surface area contributed by atoms with Gasteiger partial charge in [0, 0.05) is 37.8 Å². The normalized spacial score (nSPS) is 11.3. The molecule has 0 saturated carbocycles. The number of para-hydroxylation sites is 1. The quantitative estimate of drug-likeness (QED) is 0.846. The van der Waals surface area contributed by atoms with Crippen molar-refractivity contribution in [2.24, 2.45) is 0 Å². The summed E-state index contributed by atoms with van der Waals surface area (Å²) in [6.07, 6.45) is 0. The third kappa shape index (κ3) is 4.16. The van der Waals surface area contributed by atoms with Gasteiger partial charge >= 0.3 is 0 Å². The van der Waals surface area contributed by atoms with Crippen LogP contribution in [0.1, 0.15) is 12.6 Å². The second-order valence-electron chi connectivity index (χ2n) is 5.66. The SMILES string of the molecule is CCNCc1cc(N(C)CCN(C)C)c2ccccc2n1. The fraction of sp³-hybridized carbons (Fsp3) is 0.471. The second-order valence-corrected chi connectivity index (χ2v) is 5.66. The summed E-state index contributed by atoms with van der Waals surface area (Å²) >= 11 is 0. The largest absolute Gasteiger partial charge is 0.373 e. The lowest BCUT2D eigenvalue weighted by atomic mass is 10.1. The Morgan fingerprint density at radius 2 is 1.86 bits per heavy atom. The number of hydrogen-bond acceptors (Lipinski definition) is 4. The lowest BCUT2D eigenvalue weighted by Gasteiger charge is -2.23. The van der Waals surface area contributed by atoms with E-state index in [1.807, 2.05) is 0 Å². The van der Waals surface area contributed by atoms with E-state index < -0.39 is 0 Å². The molecule has 1 N–H and O–H groups in total. The monoisotopic (exact) mass is 286 g/mol. The summed E-state index contributed by atoms with van der Waals surface area (Å²) < 4.78 is 0. The summed E-state index contributed by atoms with van der Waals surface area (Å²) in [5, 5.41) is 4.58. The Balaban J connectivity index is 2.34. The zero-order valence-electron chi connectivity index (χ0n) is 13.6. The van der Waals surface area contributed by atoms with E-state index in [0.717, 1.165) is 37.4 Å². The van der Waals surface area contributed by atoms with Crippen LogP contribution in [-0.2, 0) is 6.54 Å². The van der Waals surface area contributed by atoms with Crippen LogP contribution in [-0.4, -0.2) is 50.7 Å². The minimum atomic E-state index is 0.815. The minimum absolute atomic E-state index is 0.815. The van der Waals surface area contributed by atoms with Crippen LogP contribution < -0.4 is 10.2 Å². The number of fused-ring (bicyclic) bond motifs is 1. The molecule has 2 aromatic rings. The van der Waals surface area contributed by atoms with Crippen LogP contribution in [0.25, 0.3) is 10.9 Å². The predicted octanol–water partition coefficient (Wildman–Crippen LogP) is 2.34. The average Bonchev–Trinajstić information content (AvgIpc) is 2.49. The molecule has 0 radical (unpaired) electrons. The molecule has 4 heteroatoms. The molecule has 2 rings (SSSR count). The topological polar surface area (TPSA) is 31.4 Å². The van der Waals surface area contributed by atoms with Crippen LogP contribution in [0.5, 0.6) is 0 Å². The van der Waals surface area contributed by atoms with Gasteiger partial charge in [0.15, 0.2) is 0 Å². The highest BCUT2D eigenvalue weighted by molar-refractivity contribution is 5.91. The van der Waals surface area contributed by atoms with E-state index in [-0.39, 0.29) is 0 Å². The highest BCUT2D eigenvalue weighted by Gasteiger charge is 2.09. The van der Waals surface area contributed by atoms with Crippen molar-refractivity contribution in [3.63, 3.8) is 0 Å². The second kappa shape index (κ2) is 7.38. The number of benzene rings is 1. The Morgan fingerprint density at radius 3 is 2.57 bits per heavy atom. The highest BCUT2D eigenvalue weighted by Crippen LogP contribution is 2.25. The molecule has 0 aliphatic carbocycles. The Bertz CT molecular complexity index is 580. The van der Waals surface area contributed by atoms with E-state index in [2.05, 4.69) is 73.5 Å². The first-order valence-electron chi connectivity index (χ1n) is 7.57. The van der Waals surface area contributed by atoms with Crippen molar-refractivity contribution in [3.8, 4) is 0 Å². The van der Waals surface area contributed by atoms with Crippen molar-refractivity contribution in [1.29, 1.82) is 0 Å². The summed E-state index contributed by atoms with van der Waals surface area (Å²) in [6.45, 7) is 5.93. The third-order valence-electron chi connectivity index (χ3n) is 3.60. The van der Waals surface area contributed by atoms with Crippen molar-refractivity contribution < 1.29 is 0 Å². The third-order valence-corrected chi connectivity index (χ3v) is 3.60. The summed E-state index contributed by atoms with van der Waals surface area (Å²) in [7, 11) is 6.37. The molecule has 0 aliphatic heterocycles. The maximum atomic E-state index is 4.75. The van der Waals surface area contributed by atoms with Gasteiger partial charge in [-0.3, -0.25) is 4.98 Å². The standard InChI is InChI=1S/C17H26N4/c1-5-18-13-14-12-17(21(4)11-10-20(2)3)15-8-6-7-9-16(15)19-14/h6-9,12,18H,5,10-11,13H2,1-4H3. The van der Waals surface area contributed by atoms with Gasteiger partial charge in [0.05, 0.1) is 11.2 Å². The first-order valence-corrected chi connectivity index (χ1v) is 7.57. The number of aromatic nitrogens is 1. The Morgan fingerprint density at radius 1 is 1.10 bits per heavy atom. The average molecular weight is 286 g/mol. The van der Waals surface area contributed by atoms with Crippen LogP contribution in [0.3, 0.4) is 0 Å². The van der Waals surface area contributed by atoms with Crippen molar-refractivity contribution in [1.82, 2.24) is 15.2 Å². The van der Waals surface area contributed by atoms with Crippen LogP contribution in [0.2, 0.25) is 0 Å². The van der Waals surface area contributed by atoms with Gasteiger partial charge in [0.1, 0.15) is 0 Å². The molecule has 0 atom stereocenters. The smallest absolute Gasteiger partial charge is 0.0726 e. The molecule has 0 amide bonds. The van der Waals surface area contributed by atoms with Gasteiger partial charge in [0.25, 0.3) is 0 Å². The van der Waals surface area contributed by atoms with Crippen molar-refractivity contribution in [2.75, 3.05) is 45.7 Å². The molecule has 0 saturated heterocycles. The maximum Gasteiger partial charge on any atom is 0.0726 e. The maximum absolute atomic E-state index is 4.75. The van der Waals surface area contributed by atoms with E-state index in [0.29, 0.717) is 0 Å². The number of anilines is 1. The highest BCUT2D eigenvalue weighted by atomic mass is 15.2. The van der Waals surface area contributed by atoms with Gasteiger partial charge in [-0.2, -0.15) is 0 Å². The minimum Gasteiger partial charge on any atom is -0.373 e. The van der Waals surface area contributed by atoms with Crippen molar-refractivity contribution in [3.05, 3.63) is 36.0 Å². The molecule has 0 bridgehead atoms. The number of nitrogens with zero attached hydrogens (tertiary/aromatic N) is 3. The summed E-state index contributed by atoms with van der Waals surface area (Å²) in [5.41, 5.74) is 3.43. The molecule has 0 spiro atoms. The summed E-state index contributed by atoms with van der Waals surface area (Å²) in [6, 6.07) is 10.6. The van der Waals surface area contributed by atoms with Crippen LogP contribution in [0.15, 0.2) is 30.3 Å². The van der Waals surface area contributed by atoms with Gasteiger partial charge in [0.2, 0.25) is 0 Å². The molecule has 1 aromatic carbocycles. The first-order chi connectivity index (χ1) is 10.1. The molecule has 21 heavy (non-hydrogen) atoms. The van der Waals surface area contributed by atoms with Gasteiger partial charge < -0.3 is 15.1 Å². The molecule has 1 aromatic heterocycles. The molecule has 1 heterocycles. The lowest BCUT2D eigenvalue weighted by molar-refractivity contribution is 0.416. The first kappa shape index (κ1) is 15.7. The van der Waals surface area contributed by atoms with E-state index >= 15 is 0 Å². The van der Waals surface area contributed by atoms with Gasteiger partial charge in [-0.15, -0.1) is 0 Å². The fourth-order valence-electron chi connectivity index (χ4n) is 2.34. The van der Waals surface area contributed by atoms with Crippen LogP contribution >= 0.6 is 0 Å². The Kier molecular flexibility index (Phi) is 5.53. The van der Waals surface area contributed by atoms with Gasteiger partial charge in [-0.25, -0.2) is 0 Å². The summed E-state index contributed by atoms with van der Waals surface area (Å²) in [5.74, 6) is 0. The molecule has 0 unspecified atom stereocenters. The zero-order valence-corrected chi connectivity index (χ0v) is 13.6. The predicted molar refractivity (Wildman–Crippen MR) is 90.9 cm³/mol. The molecular formula is C17H26N4. The van der Waals surface area contributed by atoms with E-state index in [4.69, 9.17) is 4.98 Å². The number of pyridine rings is 1. The Hall–Kier alpha value is -1.65. The van der Waals surface area contributed by atoms with Crippen LogP contribution in [0, 0.1) is 0 Å². The molecular weight excluding hydrogens is 260 g/mol. The van der Waals surface area contributed by atoms with Crippen molar-refractivity contribution in [2.45, 2.75) is 13.5 Å². The Labute approximate surface area is 127 Å². The number of nitrogens with one attached hydrogen (secondary N) is 1. The number of likely N-dealkylation sites (N-methyl/N-ethyl adjacent to an activating group) is 2.